The van der Waals surface area contributed by atoms with Crippen LogP contribution in [0.5, 0.6) is 5.75 Å². The first kappa shape index (κ1) is 12.4. The third-order valence-electron chi connectivity index (χ3n) is 2.58. The van der Waals surface area contributed by atoms with E-state index in [0.717, 1.165) is 22.6 Å². The van der Waals surface area contributed by atoms with Crippen molar-refractivity contribution in [3.8, 4) is 16.9 Å². The first-order chi connectivity index (χ1) is 8.72. The second-order valence-electron chi connectivity index (χ2n) is 3.74. The van der Waals surface area contributed by atoms with E-state index in [4.69, 9.17) is 22.7 Å². The lowest BCUT2D eigenvalue weighted by molar-refractivity contribution is 0.416. The molecule has 0 bridgehead atoms. The molecule has 0 aliphatic carbocycles. The van der Waals surface area contributed by atoms with E-state index in [2.05, 4.69) is 5.32 Å². The maximum absolute atomic E-state index is 5.53. The van der Waals surface area contributed by atoms with Crippen LogP contribution in [0.2, 0.25) is 0 Å². The first-order valence-electron chi connectivity index (χ1n) is 5.51. The Kier molecular flexibility index (Phi) is 3.79. The summed E-state index contributed by atoms with van der Waals surface area (Å²) < 4.78 is 5.37. The molecule has 2 rings (SSSR count). The van der Waals surface area contributed by atoms with Gasteiger partial charge in [-0.05, 0) is 24.4 Å². The normalized spacial score (nSPS) is 9.83. The van der Waals surface area contributed by atoms with Crippen LogP contribution in [0.1, 0.15) is 0 Å². The zero-order chi connectivity index (χ0) is 13.0. The predicted octanol–water partition coefficient (Wildman–Crippen LogP) is 3.02. The molecule has 2 aromatic carbocycles. The molecular formula is C14H14N2OS. The summed E-state index contributed by atoms with van der Waals surface area (Å²) in [5.41, 5.74) is 8.40. The third kappa shape index (κ3) is 2.60. The van der Waals surface area contributed by atoms with E-state index in [9.17, 15) is 0 Å². The number of hydrogen-bond acceptors (Lipinski definition) is 2. The lowest BCUT2D eigenvalue weighted by Gasteiger charge is -2.13. The molecule has 0 spiro atoms. The molecule has 0 aliphatic rings. The summed E-state index contributed by atoms with van der Waals surface area (Å²) in [4.78, 5) is 0. The van der Waals surface area contributed by atoms with Crippen LogP contribution in [-0.4, -0.2) is 12.2 Å². The van der Waals surface area contributed by atoms with E-state index in [1.54, 1.807) is 7.11 Å². The number of nitrogens with one attached hydrogen (secondary N) is 1. The van der Waals surface area contributed by atoms with Crippen LogP contribution in [0.3, 0.4) is 0 Å². The fourth-order valence-electron chi connectivity index (χ4n) is 1.83. The fourth-order valence-corrected chi connectivity index (χ4v) is 1.94. The number of methoxy groups -OCH3 is 1. The van der Waals surface area contributed by atoms with Crippen molar-refractivity contribution in [3.63, 3.8) is 0 Å². The molecule has 0 aliphatic heterocycles. The minimum Gasteiger partial charge on any atom is -0.496 e. The molecular weight excluding hydrogens is 244 g/mol. The second-order valence-corrected chi connectivity index (χ2v) is 4.17. The molecule has 0 aromatic heterocycles. The van der Waals surface area contributed by atoms with Gasteiger partial charge in [0.25, 0.3) is 0 Å². The van der Waals surface area contributed by atoms with Gasteiger partial charge in [-0.2, -0.15) is 0 Å². The van der Waals surface area contributed by atoms with Gasteiger partial charge in [-0.25, -0.2) is 0 Å². The van der Waals surface area contributed by atoms with E-state index in [0.29, 0.717) is 0 Å². The molecule has 2 aromatic rings. The number of hydrogen-bond donors (Lipinski definition) is 2. The summed E-state index contributed by atoms with van der Waals surface area (Å²) in [6.07, 6.45) is 0. The molecule has 3 nitrogen and oxygen atoms in total. The van der Waals surface area contributed by atoms with Gasteiger partial charge in [-0.3, -0.25) is 0 Å². The van der Waals surface area contributed by atoms with Gasteiger partial charge in [0.1, 0.15) is 5.75 Å². The van der Waals surface area contributed by atoms with E-state index in [1.807, 2.05) is 48.5 Å². The highest BCUT2D eigenvalue weighted by atomic mass is 32.1. The van der Waals surface area contributed by atoms with Crippen LogP contribution < -0.4 is 15.8 Å². The van der Waals surface area contributed by atoms with Crippen molar-refractivity contribution < 1.29 is 4.74 Å². The van der Waals surface area contributed by atoms with Crippen molar-refractivity contribution in [2.24, 2.45) is 5.73 Å². The van der Waals surface area contributed by atoms with Crippen molar-refractivity contribution in [1.29, 1.82) is 0 Å². The number of nitrogens with two attached hydrogens (primary N) is 1. The quantitative estimate of drug-likeness (QED) is 0.831. The molecule has 0 saturated heterocycles. The average molecular weight is 258 g/mol. The van der Waals surface area contributed by atoms with Gasteiger partial charge in [0.05, 0.1) is 7.11 Å². The average Bonchev–Trinajstić information content (AvgIpc) is 2.39. The maximum atomic E-state index is 5.53. The molecule has 0 fully saturated rings. The molecule has 18 heavy (non-hydrogen) atoms. The molecule has 92 valence electrons. The van der Waals surface area contributed by atoms with Gasteiger partial charge in [-0.1, -0.05) is 36.4 Å². The largest absolute Gasteiger partial charge is 0.496 e. The van der Waals surface area contributed by atoms with Gasteiger partial charge in [0.2, 0.25) is 0 Å². The molecule has 0 unspecified atom stereocenters. The molecule has 0 saturated carbocycles. The van der Waals surface area contributed by atoms with Gasteiger partial charge in [0, 0.05) is 16.8 Å². The van der Waals surface area contributed by atoms with Crippen molar-refractivity contribution in [1.82, 2.24) is 0 Å². The highest BCUT2D eigenvalue weighted by Gasteiger charge is 2.09. The maximum Gasteiger partial charge on any atom is 0.168 e. The van der Waals surface area contributed by atoms with Crippen molar-refractivity contribution in [2.75, 3.05) is 12.4 Å². The van der Waals surface area contributed by atoms with Crippen LogP contribution in [0.25, 0.3) is 11.1 Å². The van der Waals surface area contributed by atoms with Crippen LogP contribution in [0.4, 0.5) is 5.69 Å². The van der Waals surface area contributed by atoms with Gasteiger partial charge in [-0.15, -0.1) is 0 Å². The van der Waals surface area contributed by atoms with E-state index in [1.165, 1.54) is 0 Å². The van der Waals surface area contributed by atoms with Crippen LogP contribution in [0, 0.1) is 0 Å². The highest BCUT2D eigenvalue weighted by molar-refractivity contribution is 7.80. The number of anilines is 1. The van der Waals surface area contributed by atoms with Gasteiger partial charge < -0.3 is 15.8 Å². The zero-order valence-corrected chi connectivity index (χ0v) is 10.8. The monoisotopic (exact) mass is 258 g/mol. The minimum absolute atomic E-state index is 0.248. The van der Waals surface area contributed by atoms with E-state index >= 15 is 0 Å². The smallest absolute Gasteiger partial charge is 0.168 e. The van der Waals surface area contributed by atoms with Crippen molar-refractivity contribution >= 4 is 23.0 Å². The first-order valence-corrected chi connectivity index (χ1v) is 5.92. The van der Waals surface area contributed by atoms with Crippen molar-refractivity contribution in [2.45, 2.75) is 0 Å². The Balaban J connectivity index is 2.53. The summed E-state index contributed by atoms with van der Waals surface area (Å²) >= 11 is 4.88. The Morgan fingerprint density at radius 1 is 1.06 bits per heavy atom. The second kappa shape index (κ2) is 5.51. The van der Waals surface area contributed by atoms with Crippen LogP contribution in [0.15, 0.2) is 48.5 Å². The Morgan fingerprint density at radius 2 is 1.67 bits per heavy atom. The predicted molar refractivity (Wildman–Crippen MR) is 78.8 cm³/mol. The Labute approximate surface area is 112 Å². The molecule has 0 heterocycles. The molecule has 0 radical (unpaired) electrons. The number of rotatable bonds is 3. The van der Waals surface area contributed by atoms with Gasteiger partial charge in [0.15, 0.2) is 5.11 Å². The topological polar surface area (TPSA) is 47.3 Å². The minimum atomic E-state index is 0.248. The Bertz CT molecular complexity index is 569. The van der Waals surface area contributed by atoms with E-state index in [-0.39, 0.29) is 5.11 Å². The lowest BCUT2D eigenvalue weighted by atomic mass is 10.0. The zero-order valence-electron chi connectivity index (χ0n) is 10.0. The van der Waals surface area contributed by atoms with Crippen molar-refractivity contribution in [3.05, 3.63) is 48.5 Å². The fraction of sp³-hybridized carbons (Fsp3) is 0.0714. The molecule has 4 heteroatoms. The number of benzene rings is 2. The molecule has 3 N–H and O–H groups in total. The number of thiocarbonyl (C=S) groups is 1. The Hall–Kier alpha value is -2.07. The summed E-state index contributed by atoms with van der Waals surface area (Å²) in [5, 5.41) is 3.22. The summed E-state index contributed by atoms with van der Waals surface area (Å²) in [6.45, 7) is 0. The van der Waals surface area contributed by atoms with E-state index < -0.39 is 0 Å². The highest BCUT2D eigenvalue weighted by Crippen LogP contribution is 2.34. The lowest BCUT2D eigenvalue weighted by Crippen LogP contribution is -2.19. The van der Waals surface area contributed by atoms with Crippen LogP contribution in [-0.2, 0) is 0 Å². The third-order valence-corrected chi connectivity index (χ3v) is 2.68. The summed E-state index contributed by atoms with van der Waals surface area (Å²) in [6, 6.07) is 15.7. The van der Waals surface area contributed by atoms with Crippen LogP contribution >= 0.6 is 12.2 Å². The van der Waals surface area contributed by atoms with Gasteiger partial charge >= 0.3 is 0 Å². The number of ether oxygens (including phenoxy) is 1. The number of para-hydroxylation sites is 2. The summed E-state index contributed by atoms with van der Waals surface area (Å²) in [5.74, 6) is 0.815. The molecule has 0 amide bonds. The standard InChI is InChI=1S/C14H14N2OS/c1-17-13-9-5-3-7-11(13)10-6-2-4-8-12(10)16-14(15)18/h2-9H,1H3,(H3,15,16,18). The molecule has 0 atom stereocenters. The Morgan fingerprint density at radius 3 is 2.33 bits per heavy atom. The SMILES string of the molecule is COc1ccccc1-c1ccccc1NC(N)=S. The summed E-state index contributed by atoms with van der Waals surface area (Å²) in [7, 11) is 1.66.